The topological polar surface area (TPSA) is 69.1 Å². The fraction of sp³-hybridized carbons (Fsp3) is 0.217. The molecule has 3 aromatic heterocycles. The Bertz CT molecular complexity index is 1220. The SMILES string of the molecule is C[C@H]1N=C(c2ccccn2)c2cc(C3CC3)ccc2-n2cnc(-c3cnco3)c21. The van der Waals surface area contributed by atoms with Crippen LogP contribution in [-0.4, -0.2) is 25.2 Å². The highest BCUT2D eigenvalue weighted by molar-refractivity contribution is 6.14. The van der Waals surface area contributed by atoms with E-state index >= 15 is 0 Å². The molecule has 29 heavy (non-hydrogen) atoms. The lowest BCUT2D eigenvalue weighted by molar-refractivity contribution is 0.568. The first-order chi connectivity index (χ1) is 14.3. The van der Waals surface area contributed by atoms with Gasteiger partial charge in [-0.15, -0.1) is 0 Å². The first kappa shape index (κ1) is 16.4. The predicted molar refractivity (Wildman–Crippen MR) is 109 cm³/mol. The van der Waals surface area contributed by atoms with E-state index in [1.807, 2.05) is 30.7 Å². The molecule has 6 heteroatoms. The van der Waals surface area contributed by atoms with Gasteiger partial charge in [-0.3, -0.25) is 14.5 Å². The number of aromatic nitrogens is 4. The molecule has 1 saturated carbocycles. The normalized spacial score (nSPS) is 18.0. The van der Waals surface area contributed by atoms with Gasteiger partial charge in [-0.25, -0.2) is 9.97 Å². The van der Waals surface area contributed by atoms with Gasteiger partial charge in [0, 0.05) is 11.8 Å². The summed E-state index contributed by atoms with van der Waals surface area (Å²) >= 11 is 0. The molecule has 0 saturated heterocycles. The minimum absolute atomic E-state index is 0.119. The molecule has 1 aliphatic carbocycles. The standard InChI is InChI=1S/C23H19N5O/c1-14-23-22(20-11-24-13-29-20)26-12-28(23)19-8-7-16(15-5-6-15)10-17(19)21(27-14)18-4-2-3-9-25-18/h2-4,7-15H,5-6H2,1H3/t14-/m1/s1. The molecule has 0 unspecified atom stereocenters. The van der Waals surface area contributed by atoms with Crippen LogP contribution < -0.4 is 0 Å². The Morgan fingerprint density at radius 2 is 2.03 bits per heavy atom. The Morgan fingerprint density at radius 1 is 1.10 bits per heavy atom. The Labute approximate surface area is 168 Å². The van der Waals surface area contributed by atoms with Crippen molar-refractivity contribution >= 4 is 5.71 Å². The number of benzene rings is 1. The summed E-state index contributed by atoms with van der Waals surface area (Å²) in [5.41, 5.74) is 7.11. The lowest BCUT2D eigenvalue weighted by Gasteiger charge is -2.13. The highest BCUT2D eigenvalue weighted by atomic mass is 16.3. The van der Waals surface area contributed by atoms with Crippen molar-refractivity contribution in [3.63, 3.8) is 0 Å². The van der Waals surface area contributed by atoms with Crippen molar-refractivity contribution in [2.75, 3.05) is 0 Å². The molecular weight excluding hydrogens is 362 g/mol. The minimum Gasteiger partial charge on any atom is -0.442 e. The van der Waals surface area contributed by atoms with Gasteiger partial charge in [0.25, 0.3) is 0 Å². The van der Waals surface area contributed by atoms with Gasteiger partial charge >= 0.3 is 0 Å². The second kappa shape index (κ2) is 6.24. The molecule has 1 fully saturated rings. The first-order valence-electron chi connectivity index (χ1n) is 9.89. The Hall–Kier alpha value is -3.54. The molecular formula is C23H19N5O. The fourth-order valence-corrected chi connectivity index (χ4v) is 4.13. The van der Waals surface area contributed by atoms with Crippen LogP contribution in [0.4, 0.5) is 0 Å². The van der Waals surface area contributed by atoms with Crippen LogP contribution in [0.2, 0.25) is 0 Å². The number of nitrogens with zero attached hydrogens (tertiary/aromatic N) is 5. The van der Waals surface area contributed by atoms with Gasteiger partial charge in [-0.1, -0.05) is 12.1 Å². The van der Waals surface area contributed by atoms with Crippen LogP contribution in [0.5, 0.6) is 0 Å². The van der Waals surface area contributed by atoms with E-state index in [4.69, 9.17) is 9.41 Å². The summed E-state index contributed by atoms with van der Waals surface area (Å²) < 4.78 is 7.68. The monoisotopic (exact) mass is 381 g/mol. The zero-order valence-corrected chi connectivity index (χ0v) is 16.0. The van der Waals surface area contributed by atoms with E-state index in [1.54, 1.807) is 6.20 Å². The molecule has 4 heterocycles. The van der Waals surface area contributed by atoms with Crippen molar-refractivity contribution in [2.24, 2.45) is 4.99 Å². The summed E-state index contributed by atoms with van der Waals surface area (Å²) in [4.78, 5) is 18.4. The first-order valence-corrected chi connectivity index (χ1v) is 9.89. The Balaban J connectivity index is 1.62. The van der Waals surface area contributed by atoms with E-state index < -0.39 is 0 Å². The largest absolute Gasteiger partial charge is 0.442 e. The van der Waals surface area contributed by atoms with E-state index in [0.717, 1.165) is 34.0 Å². The average molecular weight is 381 g/mol. The van der Waals surface area contributed by atoms with Crippen LogP contribution in [0.3, 0.4) is 0 Å². The molecule has 2 aliphatic rings. The maximum absolute atomic E-state index is 5.54. The van der Waals surface area contributed by atoms with Gasteiger partial charge in [0.05, 0.1) is 35.0 Å². The molecule has 1 aromatic carbocycles. The highest BCUT2D eigenvalue weighted by Gasteiger charge is 2.30. The van der Waals surface area contributed by atoms with Gasteiger partial charge in [0.2, 0.25) is 0 Å². The number of oxazole rings is 1. The number of fused-ring (bicyclic) bond motifs is 3. The molecule has 4 aromatic rings. The number of rotatable bonds is 3. The van der Waals surface area contributed by atoms with E-state index in [2.05, 4.69) is 44.6 Å². The molecule has 0 spiro atoms. The number of imidazole rings is 1. The smallest absolute Gasteiger partial charge is 0.181 e. The third-order valence-electron chi connectivity index (χ3n) is 5.68. The summed E-state index contributed by atoms with van der Waals surface area (Å²) in [6.07, 6.45) is 9.33. The van der Waals surface area contributed by atoms with Crippen LogP contribution in [0.15, 0.2) is 70.9 Å². The van der Waals surface area contributed by atoms with Crippen LogP contribution >= 0.6 is 0 Å². The van der Waals surface area contributed by atoms with Gasteiger partial charge in [0.15, 0.2) is 12.2 Å². The molecule has 6 nitrogen and oxygen atoms in total. The maximum Gasteiger partial charge on any atom is 0.181 e. The van der Waals surface area contributed by atoms with Crippen LogP contribution in [-0.2, 0) is 0 Å². The number of aliphatic imine (C=N–C) groups is 1. The minimum atomic E-state index is -0.119. The van der Waals surface area contributed by atoms with Gasteiger partial charge in [-0.2, -0.15) is 0 Å². The van der Waals surface area contributed by atoms with E-state index in [1.165, 1.54) is 24.8 Å². The molecule has 0 N–H and O–H groups in total. The maximum atomic E-state index is 5.54. The van der Waals surface area contributed by atoms with E-state index in [-0.39, 0.29) is 6.04 Å². The quantitative estimate of drug-likeness (QED) is 0.515. The molecule has 0 radical (unpaired) electrons. The van der Waals surface area contributed by atoms with Crippen LogP contribution in [0.25, 0.3) is 17.1 Å². The molecule has 142 valence electrons. The summed E-state index contributed by atoms with van der Waals surface area (Å²) in [6.45, 7) is 2.09. The third kappa shape index (κ3) is 2.63. The zero-order valence-electron chi connectivity index (χ0n) is 16.0. The van der Waals surface area contributed by atoms with Gasteiger partial charge in [-0.05, 0) is 55.5 Å². The fourth-order valence-electron chi connectivity index (χ4n) is 4.13. The lowest BCUT2D eigenvalue weighted by Crippen LogP contribution is -2.09. The number of hydrogen-bond acceptors (Lipinski definition) is 5. The molecule has 0 amide bonds. The number of pyridine rings is 1. The average Bonchev–Trinajstić information content (AvgIpc) is 3.31. The van der Waals surface area contributed by atoms with Crippen molar-refractivity contribution < 1.29 is 4.42 Å². The Kier molecular flexibility index (Phi) is 3.53. The highest BCUT2D eigenvalue weighted by Crippen LogP contribution is 2.42. The summed E-state index contributed by atoms with van der Waals surface area (Å²) in [7, 11) is 0. The summed E-state index contributed by atoms with van der Waals surface area (Å²) in [5, 5.41) is 0. The number of hydrogen-bond donors (Lipinski definition) is 0. The van der Waals surface area contributed by atoms with Crippen molar-refractivity contribution in [2.45, 2.75) is 31.7 Å². The van der Waals surface area contributed by atoms with Gasteiger partial charge in [0.1, 0.15) is 12.0 Å². The molecule has 1 aliphatic heterocycles. The van der Waals surface area contributed by atoms with E-state index in [9.17, 15) is 0 Å². The van der Waals surface area contributed by atoms with Crippen molar-refractivity contribution in [3.05, 3.63) is 84.0 Å². The van der Waals surface area contributed by atoms with Crippen LogP contribution in [0.1, 0.15) is 54.2 Å². The lowest BCUT2D eigenvalue weighted by atomic mass is 9.99. The van der Waals surface area contributed by atoms with Crippen LogP contribution in [0, 0.1) is 0 Å². The molecule has 0 bridgehead atoms. The van der Waals surface area contributed by atoms with Crippen molar-refractivity contribution in [1.82, 2.24) is 19.5 Å². The zero-order chi connectivity index (χ0) is 19.4. The predicted octanol–water partition coefficient (Wildman–Crippen LogP) is 4.71. The van der Waals surface area contributed by atoms with Crippen molar-refractivity contribution in [1.29, 1.82) is 0 Å². The molecule has 1 atom stereocenters. The summed E-state index contributed by atoms with van der Waals surface area (Å²) in [5.74, 6) is 1.32. The third-order valence-corrected chi connectivity index (χ3v) is 5.68. The second-order valence-corrected chi connectivity index (χ2v) is 7.63. The Morgan fingerprint density at radius 3 is 2.79 bits per heavy atom. The second-order valence-electron chi connectivity index (χ2n) is 7.63. The van der Waals surface area contributed by atoms with Gasteiger partial charge < -0.3 is 4.42 Å². The summed E-state index contributed by atoms with van der Waals surface area (Å²) in [6, 6.07) is 12.6. The van der Waals surface area contributed by atoms with Crippen molar-refractivity contribution in [3.8, 4) is 17.1 Å². The molecule has 6 rings (SSSR count). The van der Waals surface area contributed by atoms with E-state index in [0.29, 0.717) is 11.7 Å².